The molecule has 7 amide bonds. The van der Waals surface area contributed by atoms with Gasteiger partial charge in [-0.25, -0.2) is 33.1 Å². The molecule has 2 aliphatic rings. The number of carbonyl (C=O) groups excluding carboxylic acids is 5. The second-order valence-electron chi connectivity index (χ2n) is 12.1. The number of benzene rings is 6. The third-order valence-corrected chi connectivity index (χ3v) is 10.6. The van der Waals surface area contributed by atoms with Crippen LogP contribution >= 0.6 is 63.7 Å². The second kappa shape index (κ2) is 21.1. The summed E-state index contributed by atoms with van der Waals surface area (Å²) in [6, 6.07) is 38.3. The van der Waals surface area contributed by atoms with Crippen molar-refractivity contribution in [1.82, 2.24) is 0 Å². The van der Waals surface area contributed by atoms with E-state index in [9.17, 15) is 37.9 Å². The molecular weight excluding hydrogens is 1120 g/mol. The van der Waals surface area contributed by atoms with Crippen molar-refractivity contribution in [2.45, 2.75) is 5.72 Å². The van der Waals surface area contributed by atoms with Crippen LogP contribution in [0.25, 0.3) is 0 Å². The zero-order chi connectivity index (χ0) is 41.7. The molecule has 0 aliphatic carbocycles. The van der Waals surface area contributed by atoms with Gasteiger partial charge in [-0.2, -0.15) is 18.2 Å². The van der Waals surface area contributed by atoms with Crippen molar-refractivity contribution in [1.29, 1.82) is 0 Å². The molecule has 8 rings (SSSR count). The van der Waals surface area contributed by atoms with Crippen LogP contribution in [-0.4, -0.2) is 57.9 Å². The van der Waals surface area contributed by atoms with Crippen LogP contribution in [0, 0.1) is 17.7 Å². The van der Waals surface area contributed by atoms with E-state index in [0.717, 1.165) is 49.6 Å². The molecule has 6 aromatic carbocycles. The molecule has 18 heteroatoms. The first kappa shape index (κ1) is 48.5. The van der Waals surface area contributed by atoms with Crippen LogP contribution in [-0.2, 0) is 20.1 Å². The quantitative estimate of drug-likeness (QED) is 0.0851. The Labute approximate surface area is 402 Å². The van der Waals surface area contributed by atoms with Gasteiger partial charge in [0.15, 0.2) is 0 Å². The van der Waals surface area contributed by atoms with Crippen LogP contribution in [0.4, 0.5) is 41.1 Å². The maximum Gasteiger partial charge on any atom is 2.00 e. The number of aliphatic hydroxyl groups is 1. The summed E-state index contributed by atoms with van der Waals surface area (Å²) >= 11 is 13.2. The van der Waals surface area contributed by atoms with Crippen LogP contribution in [0.3, 0.4) is 0 Å². The fraction of sp³-hybridized carbons (Fsp3) is 0.0238. The topological polar surface area (TPSA) is 119 Å². The zero-order valence-electron chi connectivity index (χ0n) is 30.5. The Kier molecular flexibility index (Phi) is 17.1. The van der Waals surface area contributed by atoms with E-state index in [-0.39, 0.29) is 51.4 Å². The molecule has 0 bridgehead atoms. The van der Waals surface area contributed by atoms with E-state index >= 15 is 0 Å². The Morgan fingerprint density at radius 3 is 1.15 bits per heavy atom. The van der Waals surface area contributed by atoms with E-state index in [0.29, 0.717) is 22.7 Å². The van der Waals surface area contributed by atoms with Crippen molar-refractivity contribution in [3.63, 3.8) is 0 Å². The smallest absolute Gasteiger partial charge is 1.00 e. The Hall–Kier alpha value is -4.14. The number of rotatable bonds is 5. The maximum atomic E-state index is 13.4. The minimum atomic E-state index is -2.33. The third kappa shape index (κ3) is 10.5. The van der Waals surface area contributed by atoms with Gasteiger partial charge in [-0.3, -0.25) is 19.3 Å². The molecule has 6 aromatic rings. The first-order valence-electron chi connectivity index (χ1n) is 16.7. The Bertz CT molecular complexity index is 2430. The molecule has 0 radical (unpaired) electrons. The molecule has 2 fully saturated rings. The predicted octanol–water partition coefficient (Wildman–Crippen LogP) is 7.13. The van der Waals surface area contributed by atoms with Crippen molar-refractivity contribution < 1.29 is 54.8 Å². The predicted molar refractivity (Wildman–Crippen MR) is 234 cm³/mol. The molecule has 0 spiro atoms. The number of halogens is 7. The van der Waals surface area contributed by atoms with Crippen LogP contribution in [0.1, 0.15) is 5.56 Å². The fourth-order valence-corrected chi connectivity index (χ4v) is 6.74. The van der Waals surface area contributed by atoms with Gasteiger partial charge in [-0.15, -0.1) is 12.1 Å². The molecular formula is C42H25Br5F2MgN4O6. The number of urea groups is 2. The molecule has 300 valence electrons. The largest absolute Gasteiger partial charge is 2.00 e. The van der Waals surface area contributed by atoms with E-state index < -0.39 is 41.3 Å². The molecule has 2 saturated heterocycles. The van der Waals surface area contributed by atoms with Gasteiger partial charge >= 0.3 is 46.9 Å². The SMILES string of the molecule is Fc1cc[c-]cc1.O=C1C(=O)N(c2ccc(Br)cc2)C(=O)N1c1ccc(Br)cc1.O=C1N(c2ccc(Br)cc2)C(=O)C(O)(c2ccc(F)cc2)N1c1ccc(Br)cc1.[Br-].[Mg+2]. The number of imide groups is 3. The summed E-state index contributed by atoms with van der Waals surface area (Å²) in [7, 11) is 0. The molecule has 2 aliphatic heterocycles. The first-order chi connectivity index (χ1) is 27.7. The van der Waals surface area contributed by atoms with Gasteiger partial charge in [0, 0.05) is 35.0 Å². The Morgan fingerprint density at radius 1 is 0.467 bits per heavy atom. The van der Waals surface area contributed by atoms with Crippen molar-refractivity contribution in [2.75, 3.05) is 19.6 Å². The van der Waals surface area contributed by atoms with E-state index in [1.165, 1.54) is 36.4 Å². The summed E-state index contributed by atoms with van der Waals surface area (Å²) in [4.78, 5) is 67.1. The molecule has 0 saturated carbocycles. The minimum Gasteiger partial charge on any atom is -1.00 e. The second-order valence-corrected chi connectivity index (χ2v) is 15.8. The number of anilines is 4. The number of nitrogens with zero attached hydrogens (tertiary/aromatic N) is 4. The number of amides is 7. The summed E-state index contributed by atoms with van der Waals surface area (Å²) < 4.78 is 28.5. The monoisotopic (exact) mass is 1140 g/mol. The molecule has 1 N–H and O–H groups in total. The summed E-state index contributed by atoms with van der Waals surface area (Å²) in [6.07, 6.45) is 0. The summed E-state index contributed by atoms with van der Waals surface area (Å²) in [6.45, 7) is 0. The van der Waals surface area contributed by atoms with E-state index in [1.54, 1.807) is 97.1 Å². The minimum absolute atomic E-state index is 0. The van der Waals surface area contributed by atoms with Gasteiger partial charge in [-0.05, 0) is 109 Å². The molecule has 1 unspecified atom stereocenters. The van der Waals surface area contributed by atoms with Crippen LogP contribution in [0.2, 0.25) is 0 Å². The zero-order valence-corrected chi connectivity index (χ0v) is 39.8. The van der Waals surface area contributed by atoms with Crippen molar-refractivity contribution >= 4 is 139 Å². The van der Waals surface area contributed by atoms with Gasteiger partial charge in [0.05, 0.1) is 17.1 Å². The number of carbonyl (C=O) groups is 5. The normalized spacial score (nSPS) is 15.8. The van der Waals surface area contributed by atoms with Crippen LogP contribution < -0.4 is 36.6 Å². The van der Waals surface area contributed by atoms with E-state index in [2.05, 4.69) is 69.8 Å². The van der Waals surface area contributed by atoms with Crippen molar-refractivity contribution in [3.8, 4) is 0 Å². The molecule has 10 nitrogen and oxygen atoms in total. The van der Waals surface area contributed by atoms with Gasteiger partial charge < -0.3 is 22.1 Å². The van der Waals surface area contributed by atoms with E-state index in [1.807, 2.05) is 0 Å². The van der Waals surface area contributed by atoms with Crippen molar-refractivity contribution in [2.24, 2.45) is 0 Å². The van der Waals surface area contributed by atoms with Gasteiger partial charge in [0.1, 0.15) is 5.82 Å². The average Bonchev–Trinajstić information content (AvgIpc) is 3.56. The van der Waals surface area contributed by atoms with Crippen molar-refractivity contribution in [3.05, 3.63) is 187 Å². The Balaban J connectivity index is 0.000000226. The first-order valence-corrected chi connectivity index (χ1v) is 19.9. The van der Waals surface area contributed by atoms with Gasteiger partial charge in [0.2, 0.25) is 0 Å². The Morgan fingerprint density at radius 2 is 0.800 bits per heavy atom. The summed E-state index contributed by atoms with van der Waals surface area (Å²) in [5.41, 5.74) is -0.912. The van der Waals surface area contributed by atoms with Gasteiger partial charge in [-0.1, -0.05) is 75.9 Å². The molecule has 1 atom stereocenters. The van der Waals surface area contributed by atoms with Crippen LogP contribution in [0.15, 0.2) is 163 Å². The average molecular weight is 1140 g/mol. The summed E-state index contributed by atoms with van der Waals surface area (Å²) in [5, 5.41) is 11.5. The number of hydrogen-bond donors (Lipinski definition) is 1. The number of hydrogen-bond acceptors (Lipinski definition) is 6. The fourth-order valence-electron chi connectivity index (χ4n) is 5.68. The molecule has 0 aromatic heterocycles. The molecule has 60 heavy (non-hydrogen) atoms. The molecule has 2 heterocycles. The third-order valence-electron chi connectivity index (χ3n) is 8.44. The standard InChI is InChI=1S/C21H13Br2FN2O3.C15H8Br2N2O3.C6H4F.BrH.Mg/c22-14-3-9-17(10-4-14)25-19(27)21(29,13-1-7-16(24)8-2-13)26(20(25)28)18-11-5-15(23)6-12-18;16-9-1-5-11(6-2-9)18-13(20)14(21)19(15(18)22)12-7-3-10(17)4-8-12;7-6-4-2-1-3-5-6;;/h1-12,29H;1-8H;2-5H;1H;/q;;-1;;+2/p-1. The van der Waals surface area contributed by atoms with Crippen LogP contribution in [0.5, 0.6) is 0 Å². The van der Waals surface area contributed by atoms with E-state index in [4.69, 9.17) is 0 Å². The summed E-state index contributed by atoms with van der Waals surface area (Å²) in [5.74, 6) is -3.31. The van der Waals surface area contributed by atoms with Gasteiger partial charge in [0.25, 0.3) is 11.6 Å². The maximum absolute atomic E-state index is 13.4.